The van der Waals surface area contributed by atoms with E-state index < -0.39 is 0 Å². The third-order valence-electron chi connectivity index (χ3n) is 3.27. The van der Waals surface area contributed by atoms with Crippen LogP contribution in [0.15, 0.2) is 40.9 Å². The Labute approximate surface area is 137 Å². The van der Waals surface area contributed by atoms with Crippen molar-refractivity contribution in [2.45, 2.75) is 19.5 Å². The van der Waals surface area contributed by atoms with E-state index in [1.165, 1.54) is 13.2 Å². The van der Waals surface area contributed by atoms with E-state index in [0.29, 0.717) is 11.6 Å². The van der Waals surface area contributed by atoms with Gasteiger partial charge in [-0.2, -0.15) is 0 Å². The predicted molar refractivity (Wildman–Crippen MR) is 87.4 cm³/mol. The molecule has 0 aromatic heterocycles. The summed E-state index contributed by atoms with van der Waals surface area (Å²) in [6.45, 7) is 2.64. The van der Waals surface area contributed by atoms with Gasteiger partial charge in [-0.05, 0) is 58.2 Å². The van der Waals surface area contributed by atoms with E-state index in [0.717, 1.165) is 15.6 Å². The van der Waals surface area contributed by atoms with Crippen LogP contribution in [0.25, 0.3) is 0 Å². The van der Waals surface area contributed by atoms with Crippen molar-refractivity contribution in [3.8, 4) is 5.75 Å². The average Bonchev–Trinajstić information content (AvgIpc) is 2.48. The lowest BCUT2D eigenvalue weighted by molar-refractivity contribution is 0.385. The maximum absolute atomic E-state index is 13.7. The maximum Gasteiger partial charge on any atom is 0.165 e. The molecular formula is C16H16BrClFNO. The van der Waals surface area contributed by atoms with Crippen LogP contribution in [0.4, 0.5) is 4.39 Å². The summed E-state index contributed by atoms with van der Waals surface area (Å²) in [6.07, 6.45) is 0. The van der Waals surface area contributed by atoms with Crippen molar-refractivity contribution in [1.29, 1.82) is 0 Å². The van der Waals surface area contributed by atoms with E-state index in [1.54, 1.807) is 6.07 Å². The molecular weight excluding hydrogens is 357 g/mol. The van der Waals surface area contributed by atoms with Crippen LogP contribution < -0.4 is 10.1 Å². The Bertz CT molecular complexity index is 636. The van der Waals surface area contributed by atoms with Crippen molar-refractivity contribution in [2.24, 2.45) is 0 Å². The fraction of sp³-hybridized carbons (Fsp3) is 0.250. The summed E-state index contributed by atoms with van der Waals surface area (Å²) in [6, 6.07) is 10.8. The van der Waals surface area contributed by atoms with Crippen LogP contribution >= 0.6 is 27.5 Å². The molecule has 2 aromatic carbocycles. The Hall–Kier alpha value is -1.10. The first kappa shape index (κ1) is 16.3. The molecule has 0 radical (unpaired) electrons. The number of nitrogens with one attached hydrogen (secondary N) is 1. The minimum atomic E-state index is -0.352. The lowest BCUT2D eigenvalue weighted by atomic mass is 10.1. The summed E-state index contributed by atoms with van der Waals surface area (Å²) < 4.78 is 19.5. The van der Waals surface area contributed by atoms with E-state index in [-0.39, 0.29) is 17.6 Å². The fourth-order valence-electron chi connectivity index (χ4n) is 1.99. The summed E-state index contributed by atoms with van der Waals surface area (Å²) in [5.74, 6) is -0.0963. The quantitative estimate of drug-likeness (QED) is 0.788. The number of ether oxygens (including phenoxy) is 1. The highest BCUT2D eigenvalue weighted by Crippen LogP contribution is 2.24. The molecule has 0 saturated carbocycles. The Balaban J connectivity index is 2.02. The molecule has 21 heavy (non-hydrogen) atoms. The Morgan fingerprint density at radius 1 is 1.29 bits per heavy atom. The highest BCUT2D eigenvalue weighted by molar-refractivity contribution is 9.10. The fourth-order valence-corrected chi connectivity index (χ4v) is 2.44. The topological polar surface area (TPSA) is 21.3 Å². The molecule has 0 amide bonds. The molecule has 1 atom stereocenters. The molecule has 0 aliphatic carbocycles. The molecule has 1 unspecified atom stereocenters. The molecule has 0 aliphatic heterocycles. The van der Waals surface area contributed by atoms with E-state index in [9.17, 15) is 4.39 Å². The van der Waals surface area contributed by atoms with Crippen molar-refractivity contribution in [3.63, 3.8) is 0 Å². The molecule has 5 heteroatoms. The molecule has 0 bridgehead atoms. The first-order valence-corrected chi connectivity index (χ1v) is 7.69. The molecule has 2 nitrogen and oxygen atoms in total. The lowest BCUT2D eigenvalue weighted by Gasteiger charge is -2.15. The number of halogens is 3. The number of hydrogen-bond donors (Lipinski definition) is 1. The smallest absolute Gasteiger partial charge is 0.165 e. The number of hydrogen-bond acceptors (Lipinski definition) is 2. The van der Waals surface area contributed by atoms with Crippen LogP contribution in [-0.4, -0.2) is 7.11 Å². The number of methoxy groups -OCH3 is 1. The Morgan fingerprint density at radius 2 is 2.05 bits per heavy atom. The lowest BCUT2D eigenvalue weighted by Crippen LogP contribution is -2.18. The van der Waals surface area contributed by atoms with Crippen LogP contribution in [0, 0.1) is 5.82 Å². The van der Waals surface area contributed by atoms with Crippen LogP contribution in [0.5, 0.6) is 5.75 Å². The van der Waals surface area contributed by atoms with E-state index in [4.69, 9.17) is 16.3 Å². The molecule has 0 heterocycles. The second-order valence-electron chi connectivity index (χ2n) is 4.75. The zero-order chi connectivity index (χ0) is 15.4. The van der Waals surface area contributed by atoms with Crippen molar-refractivity contribution in [2.75, 3.05) is 7.11 Å². The van der Waals surface area contributed by atoms with Gasteiger partial charge in [-0.3, -0.25) is 0 Å². The zero-order valence-electron chi connectivity index (χ0n) is 11.8. The molecule has 112 valence electrons. The summed E-state index contributed by atoms with van der Waals surface area (Å²) in [4.78, 5) is 0. The molecule has 2 aromatic rings. The standard InChI is InChI=1S/C16H16BrClFNO/c1-10(12-4-6-16(21-2)15(19)8-12)20-9-11-3-5-13(17)14(18)7-11/h3-8,10,20H,9H2,1-2H3. The minimum absolute atomic E-state index is 0.0211. The van der Waals surface area contributed by atoms with E-state index >= 15 is 0 Å². The molecule has 0 saturated heterocycles. The maximum atomic E-state index is 13.7. The summed E-state index contributed by atoms with van der Waals surface area (Å²) >= 11 is 9.42. The van der Waals surface area contributed by atoms with Gasteiger partial charge in [0.25, 0.3) is 0 Å². The van der Waals surface area contributed by atoms with Crippen molar-refractivity contribution >= 4 is 27.5 Å². The summed E-state index contributed by atoms with van der Waals surface area (Å²) in [5, 5.41) is 4.02. The van der Waals surface area contributed by atoms with Gasteiger partial charge in [0.15, 0.2) is 11.6 Å². The van der Waals surface area contributed by atoms with Gasteiger partial charge >= 0.3 is 0 Å². The van der Waals surface area contributed by atoms with Gasteiger partial charge in [-0.15, -0.1) is 0 Å². The molecule has 1 N–H and O–H groups in total. The first-order chi connectivity index (χ1) is 10.0. The monoisotopic (exact) mass is 371 g/mol. The second-order valence-corrected chi connectivity index (χ2v) is 6.01. The van der Waals surface area contributed by atoms with Crippen LogP contribution in [0.2, 0.25) is 5.02 Å². The second kappa shape index (κ2) is 7.25. The summed E-state index contributed by atoms with van der Waals surface area (Å²) in [5.41, 5.74) is 1.94. The number of rotatable bonds is 5. The molecule has 2 rings (SSSR count). The third-order valence-corrected chi connectivity index (χ3v) is 4.50. The highest BCUT2D eigenvalue weighted by atomic mass is 79.9. The van der Waals surface area contributed by atoms with Gasteiger partial charge in [-0.1, -0.05) is 23.7 Å². The van der Waals surface area contributed by atoms with Gasteiger partial charge in [-0.25, -0.2) is 4.39 Å². The largest absolute Gasteiger partial charge is 0.494 e. The van der Waals surface area contributed by atoms with Gasteiger partial charge in [0.05, 0.1) is 12.1 Å². The van der Waals surface area contributed by atoms with Crippen molar-refractivity contribution in [3.05, 3.63) is 62.8 Å². The Morgan fingerprint density at radius 3 is 2.67 bits per heavy atom. The van der Waals surface area contributed by atoms with E-state index in [1.807, 2.05) is 31.2 Å². The van der Waals surface area contributed by atoms with Crippen LogP contribution in [0.1, 0.15) is 24.1 Å². The van der Waals surface area contributed by atoms with Crippen molar-refractivity contribution < 1.29 is 9.13 Å². The van der Waals surface area contributed by atoms with Crippen LogP contribution in [-0.2, 0) is 6.54 Å². The first-order valence-electron chi connectivity index (χ1n) is 6.52. The highest BCUT2D eigenvalue weighted by Gasteiger charge is 2.09. The summed E-state index contributed by atoms with van der Waals surface area (Å²) in [7, 11) is 1.46. The molecule has 0 aliphatic rings. The zero-order valence-corrected chi connectivity index (χ0v) is 14.1. The third kappa shape index (κ3) is 4.19. The van der Waals surface area contributed by atoms with Crippen LogP contribution in [0.3, 0.4) is 0 Å². The number of benzene rings is 2. The normalized spacial score (nSPS) is 12.2. The Kier molecular flexibility index (Phi) is 5.62. The molecule has 0 spiro atoms. The van der Waals surface area contributed by atoms with Gasteiger partial charge < -0.3 is 10.1 Å². The molecule has 0 fully saturated rings. The van der Waals surface area contributed by atoms with Gasteiger partial charge in [0.1, 0.15) is 0 Å². The van der Waals surface area contributed by atoms with Gasteiger partial charge in [0.2, 0.25) is 0 Å². The van der Waals surface area contributed by atoms with E-state index in [2.05, 4.69) is 21.2 Å². The minimum Gasteiger partial charge on any atom is -0.494 e. The van der Waals surface area contributed by atoms with Gasteiger partial charge in [0, 0.05) is 17.1 Å². The predicted octanol–water partition coefficient (Wildman–Crippen LogP) is 5.10. The average molecular weight is 373 g/mol. The SMILES string of the molecule is COc1ccc(C(C)NCc2ccc(Br)c(Cl)c2)cc1F. The van der Waals surface area contributed by atoms with Crippen molar-refractivity contribution in [1.82, 2.24) is 5.32 Å².